The Kier molecular flexibility index (Phi) is 10.9. The third-order valence-electron chi connectivity index (χ3n) is 7.80. The Morgan fingerprint density at radius 1 is 1.07 bits per heavy atom. The first kappa shape index (κ1) is 33.5. The smallest absolute Gasteiger partial charge is 0.251 e. The first-order valence-corrected chi connectivity index (χ1v) is 17.1. The number of pyridine rings is 1. The molecule has 3 aromatic rings. The van der Waals surface area contributed by atoms with Crippen molar-refractivity contribution in [2.75, 3.05) is 31.5 Å². The van der Waals surface area contributed by atoms with Crippen molar-refractivity contribution in [3.63, 3.8) is 0 Å². The van der Waals surface area contributed by atoms with Crippen molar-refractivity contribution in [1.82, 2.24) is 4.98 Å². The van der Waals surface area contributed by atoms with Gasteiger partial charge in [0, 0.05) is 17.8 Å². The number of primary amides is 1. The van der Waals surface area contributed by atoms with E-state index in [0.717, 1.165) is 0 Å². The topological polar surface area (TPSA) is 125 Å². The molecule has 0 bridgehead atoms. The molecule has 0 aliphatic rings. The maximum Gasteiger partial charge on any atom is 0.251 e. The summed E-state index contributed by atoms with van der Waals surface area (Å²) >= 11 is 0. The number of anilines is 2. The van der Waals surface area contributed by atoms with Gasteiger partial charge in [0.15, 0.2) is 19.8 Å². The lowest BCUT2D eigenvalue weighted by molar-refractivity contribution is -0.115. The van der Waals surface area contributed by atoms with E-state index in [-0.39, 0.29) is 40.3 Å². The summed E-state index contributed by atoms with van der Waals surface area (Å²) in [6.45, 7) is 13.3. The number of carbonyl (C=O) groups excluding carboxylic acids is 2. The second-order valence-electron chi connectivity index (χ2n) is 11.9. The SMILES string of the molecule is CCC(CO[Si](C)(C)C(C)(C)C)Nc1c(NC(=O)Cc2ccc(-c3cccc(F)c3)nc2)c(C(N)=O)cc(OC)c1OC. The summed E-state index contributed by atoms with van der Waals surface area (Å²) in [6, 6.07) is 10.9. The number of ether oxygens (including phenoxy) is 2. The molecule has 1 atom stereocenters. The van der Waals surface area contributed by atoms with Gasteiger partial charge in [0.05, 0.1) is 44.2 Å². The minimum absolute atomic E-state index is 0.0293. The number of nitrogens with one attached hydrogen (secondary N) is 2. The maximum atomic E-state index is 13.6. The van der Waals surface area contributed by atoms with Crippen LogP contribution in [0.15, 0.2) is 48.7 Å². The van der Waals surface area contributed by atoms with Gasteiger partial charge in [-0.2, -0.15) is 0 Å². The summed E-state index contributed by atoms with van der Waals surface area (Å²) in [5.41, 5.74) is 8.22. The van der Waals surface area contributed by atoms with E-state index in [1.807, 2.05) is 6.92 Å². The zero-order valence-corrected chi connectivity index (χ0v) is 27.3. The number of nitrogens with two attached hydrogens (primary N) is 1. The molecule has 232 valence electrons. The number of methoxy groups -OCH3 is 2. The number of nitrogens with zero attached hydrogens (tertiary/aromatic N) is 1. The fraction of sp³-hybridized carbons (Fsp3) is 0.406. The number of hydrogen-bond acceptors (Lipinski definition) is 7. The Balaban J connectivity index is 1.92. The van der Waals surface area contributed by atoms with Gasteiger partial charge in [-0.15, -0.1) is 0 Å². The zero-order chi connectivity index (χ0) is 31.9. The molecule has 0 saturated carbocycles. The monoisotopic (exact) mass is 610 g/mol. The Hall–Kier alpha value is -3.96. The van der Waals surface area contributed by atoms with E-state index >= 15 is 0 Å². The lowest BCUT2D eigenvalue weighted by atomic mass is 10.1. The molecule has 0 saturated heterocycles. The van der Waals surface area contributed by atoms with Crippen molar-refractivity contribution in [1.29, 1.82) is 0 Å². The molecule has 2 amide bonds. The van der Waals surface area contributed by atoms with Crippen LogP contribution in [0, 0.1) is 5.82 Å². The van der Waals surface area contributed by atoms with Crippen molar-refractivity contribution in [3.8, 4) is 22.8 Å². The fourth-order valence-electron chi connectivity index (χ4n) is 4.16. The van der Waals surface area contributed by atoms with Crippen molar-refractivity contribution >= 4 is 31.5 Å². The Morgan fingerprint density at radius 3 is 2.33 bits per heavy atom. The lowest BCUT2D eigenvalue weighted by Gasteiger charge is -2.37. The summed E-state index contributed by atoms with van der Waals surface area (Å²) in [5.74, 6) is -0.900. The van der Waals surface area contributed by atoms with Gasteiger partial charge in [0.25, 0.3) is 5.91 Å². The van der Waals surface area contributed by atoms with Crippen LogP contribution in [0.4, 0.5) is 15.8 Å². The zero-order valence-electron chi connectivity index (χ0n) is 26.3. The molecule has 9 nitrogen and oxygen atoms in total. The summed E-state index contributed by atoms with van der Waals surface area (Å²) < 4.78 is 31.3. The standard InChI is InChI=1S/C32H43FN4O5Si/c1-9-23(19-42-43(7,8)32(2,3)4)36-29-28(24(31(34)39)17-26(40-5)30(29)41-6)37-27(38)15-20-13-14-25(35-18-20)21-11-10-12-22(33)16-21/h10-14,16-18,23,36H,9,15,19H2,1-8H3,(H2,34,39)(H,37,38). The number of amides is 2. The van der Waals surface area contributed by atoms with Gasteiger partial charge in [-0.3, -0.25) is 14.6 Å². The lowest BCUT2D eigenvalue weighted by Crippen LogP contribution is -2.43. The van der Waals surface area contributed by atoms with Crippen LogP contribution in [-0.2, 0) is 15.6 Å². The molecule has 0 radical (unpaired) electrons. The summed E-state index contributed by atoms with van der Waals surface area (Å²) in [6.07, 6.45) is 2.22. The predicted octanol–water partition coefficient (Wildman–Crippen LogP) is 6.40. The van der Waals surface area contributed by atoms with Crippen molar-refractivity contribution < 1.29 is 27.9 Å². The van der Waals surface area contributed by atoms with Crippen LogP contribution in [0.3, 0.4) is 0 Å². The highest BCUT2D eigenvalue weighted by Gasteiger charge is 2.37. The van der Waals surface area contributed by atoms with Crippen LogP contribution in [0.1, 0.15) is 50.0 Å². The highest BCUT2D eigenvalue weighted by molar-refractivity contribution is 6.74. The predicted molar refractivity (Wildman–Crippen MR) is 171 cm³/mol. The van der Waals surface area contributed by atoms with Crippen LogP contribution in [0.2, 0.25) is 18.1 Å². The molecule has 0 aliphatic heterocycles. The molecule has 43 heavy (non-hydrogen) atoms. The average molecular weight is 611 g/mol. The van der Waals surface area contributed by atoms with Gasteiger partial charge in [-0.25, -0.2) is 4.39 Å². The first-order valence-electron chi connectivity index (χ1n) is 14.2. The van der Waals surface area contributed by atoms with Crippen molar-refractivity contribution in [2.24, 2.45) is 5.73 Å². The molecule has 1 unspecified atom stereocenters. The molecule has 1 aromatic heterocycles. The van der Waals surface area contributed by atoms with Gasteiger partial charge < -0.3 is 30.3 Å². The third-order valence-corrected chi connectivity index (χ3v) is 12.3. The van der Waals surface area contributed by atoms with E-state index in [1.165, 1.54) is 32.4 Å². The van der Waals surface area contributed by atoms with Crippen LogP contribution < -0.4 is 25.8 Å². The van der Waals surface area contributed by atoms with Crippen LogP contribution in [-0.4, -0.2) is 52.0 Å². The van der Waals surface area contributed by atoms with E-state index in [1.54, 1.807) is 30.5 Å². The van der Waals surface area contributed by atoms with E-state index in [9.17, 15) is 14.0 Å². The largest absolute Gasteiger partial charge is 0.493 e. The molecule has 0 fully saturated rings. The molecular formula is C32H43FN4O5Si. The van der Waals surface area contributed by atoms with E-state index in [0.29, 0.717) is 41.3 Å². The quantitative estimate of drug-likeness (QED) is 0.191. The molecule has 4 N–H and O–H groups in total. The summed E-state index contributed by atoms with van der Waals surface area (Å²) in [7, 11) is 0.899. The summed E-state index contributed by atoms with van der Waals surface area (Å²) in [4.78, 5) is 30.3. The van der Waals surface area contributed by atoms with Gasteiger partial charge in [-0.05, 0) is 54.4 Å². The van der Waals surface area contributed by atoms with E-state index < -0.39 is 20.1 Å². The van der Waals surface area contributed by atoms with Crippen molar-refractivity contribution in [3.05, 3.63) is 65.6 Å². The minimum atomic E-state index is -2.05. The molecule has 2 aromatic carbocycles. The van der Waals surface area contributed by atoms with Gasteiger partial charge in [-0.1, -0.05) is 45.9 Å². The normalized spacial score (nSPS) is 12.4. The molecule has 3 rings (SSSR count). The average Bonchev–Trinajstić information content (AvgIpc) is 2.95. The number of benzene rings is 2. The Bertz CT molecular complexity index is 1440. The summed E-state index contributed by atoms with van der Waals surface area (Å²) in [5, 5.41) is 6.33. The van der Waals surface area contributed by atoms with E-state index in [2.05, 4.69) is 49.5 Å². The second kappa shape index (κ2) is 14.0. The van der Waals surface area contributed by atoms with Crippen LogP contribution in [0.5, 0.6) is 11.5 Å². The molecular weight excluding hydrogens is 567 g/mol. The Labute approximate surface area is 254 Å². The number of rotatable bonds is 13. The Morgan fingerprint density at radius 2 is 1.79 bits per heavy atom. The van der Waals surface area contributed by atoms with Gasteiger partial charge in [0.1, 0.15) is 11.5 Å². The number of hydrogen-bond donors (Lipinski definition) is 3. The van der Waals surface area contributed by atoms with E-state index in [4.69, 9.17) is 19.6 Å². The number of aromatic nitrogens is 1. The third kappa shape index (κ3) is 8.32. The number of halogens is 1. The molecule has 1 heterocycles. The first-order chi connectivity index (χ1) is 20.2. The highest BCUT2D eigenvalue weighted by atomic mass is 28.4. The van der Waals surface area contributed by atoms with Crippen molar-refractivity contribution in [2.45, 2.75) is 64.7 Å². The molecule has 0 aliphatic carbocycles. The molecule has 0 spiro atoms. The van der Waals surface area contributed by atoms with Crippen LogP contribution >= 0.6 is 0 Å². The van der Waals surface area contributed by atoms with Crippen LogP contribution in [0.25, 0.3) is 11.3 Å². The highest BCUT2D eigenvalue weighted by Crippen LogP contribution is 2.44. The fourth-order valence-corrected chi connectivity index (χ4v) is 5.22. The second-order valence-corrected chi connectivity index (χ2v) is 16.7. The van der Waals surface area contributed by atoms with Gasteiger partial charge >= 0.3 is 0 Å². The number of carbonyl (C=O) groups is 2. The molecule has 11 heteroatoms. The maximum absolute atomic E-state index is 13.6. The van der Waals surface area contributed by atoms with Gasteiger partial charge in [0.2, 0.25) is 5.91 Å². The minimum Gasteiger partial charge on any atom is -0.493 e.